The van der Waals surface area contributed by atoms with E-state index in [1.54, 1.807) is 19.2 Å². The van der Waals surface area contributed by atoms with Gasteiger partial charge in [0, 0.05) is 25.1 Å². The van der Waals surface area contributed by atoms with Gasteiger partial charge in [0.15, 0.2) is 17.3 Å². The summed E-state index contributed by atoms with van der Waals surface area (Å²) < 4.78 is 26.8. The van der Waals surface area contributed by atoms with E-state index < -0.39 is 5.82 Å². The molecule has 0 fully saturated rings. The molecule has 1 aromatic carbocycles. The monoisotopic (exact) mass is 297 g/mol. The molecule has 2 N–H and O–H groups in total. The number of halogens is 2. The zero-order chi connectivity index (χ0) is 14.3. The number of nitrogens with zero attached hydrogens (tertiary/aromatic N) is 2. The zero-order valence-electron chi connectivity index (χ0n) is 10.8. The molecule has 0 bridgehead atoms. The second-order valence-corrected chi connectivity index (χ2v) is 4.89. The van der Waals surface area contributed by atoms with E-state index in [4.69, 9.17) is 26.8 Å². The molecule has 0 unspecified atom stereocenters. The van der Waals surface area contributed by atoms with Crippen LogP contribution in [0.3, 0.4) is 0 Å². The molecule has 0 saturated heterocycles. The summed E-state index contributed by atoms with van der Waals surface area (Å²) in [5, 5.41) is 4.06. The maximum absolute atomic E-state index is 14.4. The van der Waals surface area contributed by atoms with Crippen LogP contribution < -0.4 is 15.2 Å². The Kier molecular flexibility index (Phi) is 3.17. The summed E-state index contributed by atoms with van der Waals surface area (Å²) in [5.41, 5.74) is 6.36. The number of nitrogen functional groups attached to an aromatic ring is 1. The van der Waals surface area contributed by atoms with Gasteiger partial charge in [0.05, 0.1) is 18.9 Å². The van der Waals surface area contributed by atoms with Gasteiger partial charge in [-0.2, -0.15) is 5.10 Å². The number of rotatable bonds is 1. The van der Waals surface area contributed by atoms with Gasteiger partial charge in [-0.15, -0.1) is 0 Å². The molecule has 0 spiro atoms. The lowest BCUT2D eigenvalue weighted by Gasteiger charge is -2.12. The topological polar surface area (TPSA) is 62.3 Å². The molecule has 0 aliphatic carbocycles. The van der Waals surface area contributed by atoms with E-state index in [-0.39, 0.29) is 16.3 Å². The molecule has 2 aromatic rings. The maximum Gasteiger partial charge on any atom is 0.182 e. The van der Waals surface area contributed by atoms with Gasteiger partial charge in [-0.25, -0.2) is 4.39 Å². The number of benzene rings is 1. The number of nitrogens with two attached hydrogens (primary N) is 1. The van der Waals surface area contributed by atoms with E-state index in [9.17, 15) is 4.39 Å². The van der Waals surface area contributed by atoms with E-state index in [0.717, 1.165) is 6.42 Å². The van der Waals surface area contributed by atoms with Gasteiger partial charge in [-0.1, -0.05) is 11.6 Å². The minimum atomic E-state index is -0.589. The van der Waals surface area contributed by atoms with Gasteiger partial charge in [0.25, 0.3) is 0 Å². The summed E-state index contributed by atoms with van der Waals surface area (Å²) in [5.74, 6) is 0.513. The Morgan fingerprint density at radius 2 is 2.10 bits per heavy atom. The van der Waals surface area contributed by atoms with Crippen molar-refractivity contribution in [3.63, 3.8) is 0 Å². The van der Waals surface area contributed by atoms with Crippen LogP contribution >= 0.6 is 11.6 Å². The Hall–Kier alpha value is -1.95. The first-order valence-corrected chi connectivity index (χ1v) is 6.53. The molecular weight excluding hydrogens is 285 g/mol. The van der Waals surface area contributed by atoms with Crippen molar-refractivity contribution in [2.24, 2.45) is 7.05 Å². The molecule has 1 aliphatic rings. The van der Waals surface area contributed by atoms with E-state index in [1.165, 1.54) is 4.68 Å². The average Bonchev–Trinajstić information content (AvgIpc) is 2.65. The molecule has 20 heavy (non-hydrogen) atoms. The van der Waals surface area contributed by atoms with Crippen LogP contribution in [0.4, 0.5) is 10.2 Å². The average molecular weight is 298 g/mol. The van der Waals surface area contributed by atoms with Crippen LogP contribution in [0.5, 0.6) is 11.5 Å². The summed E-state index contributed by atoms with van der Waals surface area (Å²) in [7, 11) is 1.68. The zero-order valence-corrected chi connectivity index (χ0v) is 11.6. The van der Waals surface area contributed by atoms with Crippen molar-refractivity contribution in [1.29, 1.82) is 0 Å². The fourth-order valence-electron chi connectivity index (χ4n) is 2.04. The van der Waals surface area contributed by atoms with Crippen LogP contribution in [-0.4, -0.2) is 23.0 Å². The molecule has 1 aromatic heterocycles. The fourth-order valence-corrected chi connectivity index (χ4v) is 2.29. The highest BCUT2D eigenvalue weighted by Crippen LogP contribution is 2.43. The molecule has 2 heterocycles. The number of hydrogen-bond acceptors (Lipinski definition) is 4. The Bertz CT molecular complexity index is 653. The fraction of sp³-hybridized carbons (Fsp3) is 0.308. The van der Waals surface area contributed by atoms with E-state index in [2.05, 4.69) is 5.10 Å². The molecular formula is C13H13ClFN3O2. The second kappa shape index (κ2) is 4.86. The van der Waals surface area contributed by atoms with Gasteiger partial charge in [0.2, 0.25) is 0 Å². The largest absolute Gasteiger partial charge is 0.489 e. The maximum atomic E-state index is 14.4. The van der Waals surface area contributed by atoms with Crippen LogP contribution in [0.25, 0.3) is 11.3 Å². The lowest BCUT2D eigenvalue weighted by Crippen LogP contribution is -1.98. The van der Waals surface area contributed by atoms with Gasteiger partial charge < -0.3 is 15.2 Å². The van der Waals surface area contributed by atoms with Crippen LogP contribution in [0.1, 0.15) is 6.42 Å². The van der Waals surface area contributed by atoms with Crippen molar-refractivity contribution in [2.45, 2.75) is 6.42 Å². The third-order valence-corrected chi connectivity index (χ3v) is 3.45. The lowest BCUT2D eigenvalue weighted by atomic mass is 10.1. The SMILES string of the molecule is Cn1nc(-c2cc3c(c(Cl)c2F)OCCCO3)cc1N. The van der Waals surface area contributed by atoms with Gasteiger partial charge >= 0.3 is 0 Å². The summed E-state index contributed by atoms with van der Waals surface area (Å²) in [6, 6.07) is 3.13. The third-order valence-electron chi connectivity index (χ3n) is 3.11. The normalized spacial score (nSPS) is 14.2. The van der Waals surface area contributed by atoms with Crippen molar-refractivity contribution in [3.8, 4) is 22.8 Å². The second-order valence-electron chi connectivity index (χ2n) is 4.51. The minimum Gasteiger partial charge on any atom is -0.489 e. The highest BCUT2D eigenvalue weighted by atomic mass is 35.5. The first-order valence-electron chi connectivity index (χ1n) is 6.15. The molecule has 0 saturated carbocycles. The number of fused-ring (bicyclic) bond motifs is 1. The number of anilines is 1. The van der Waals surface area contributed by atoms with Crippen molar-refractivity contribution in [3.05, 3.63) is 23.0 Å². The van der Waals surface area contributed by atoms with Crippen LogP contribution in [-0.2, 0) is 7.05 Å². The predicted molar refractivity (Wildman–Crippen MR) is 73.6 cm³/mol. The van der Waals surface area contributed by atoms with Crippen LogP contribution in [0.2, 0.25) is 5.02 Å². The van der Waals surface area contributed by atoms with Crippen LogP contribution in [0.15, 0.2) is 12.1 Å². The summed E-state index contributed by atoms with van der Waals surface area (Å²) >= 11 is 6.04. The van der Waals surface area contributed by atoms with Crippen molar-refractivity contribution < 1.29 is 13.9 Å². The number of hydrogen-bond donors (Lipinski definition) is 1. The number of ether oxygens (including phenoxy) is 2. The molecule has 3 rings (SSSR count). The van der Waals surface area contributed by atoms with E-state index >= 15 is 0 Å². The first-order chi connectivity index (χ1) is 9.58. The summed E-state index contributed by atoms with van der Waals surface area (Å²) in [4.78, 5) is 0. The molecule has 7 heteroatoms. The van der Waals surface area contributed by atoms with Crippen LogP contribution in [0, 0.1) is 5.82 Å². The van der Waals surface area contributed by atoms with Crippen molar-refractivity contribution in [1.82, 2.24) is 9.78 Å². The van der Waals surface area contributed by atoms with Crippen molar-refractivity contribution in [2.75, 3.05) is 18.9 Å². The Morgan fingerprint density at radius 3 is 2.80 bits per heavy atom. The van der Waals surface area contributed by atoms with E-state index in [0.29, 0.717) is 30.5 Å². The molecule has 0 amide bonds. The minimum absolute atomic E-state index is 0.0939. The summed E-state index contributed by atoms with van der Waals surface area (Å²) in [6.07, 6.45) is 0.721. The smallest absolute Gasteiger partial charge is 0.182 e. The lowest BCUT2D eigenvalue weighted by molar-refractivity contribution is 0.297. The molecule has 1 aliphatic heterocycles. The summed E-state index contributed by atoms with van der Waals surface area (Å²) in [6.45, 7) is 0.945. The molecule has 5 nitrogen and oxygen atoms in total. The standard InChI is InChI=1S/C13H13ClFN3O2/c1-18-10(16)6-8(17-18)7-5-9-13(11(14)12(7)15)20-4-2-3-19-9/h5-6H,2-4,16H2,1H3. The van der Waals surface area contributed by atoms with Gasteiger partial charge in [-0.05, 0) is 6.07 Å². The quantitative estimate of drug-likeness (QED) is 0.879. The first kappa shape index (κ1) is 13.1. The Balaban J connectivity index is 2.17. The predicted octanol–water partition coefficient (Wildman–Crippen LogP) is 2.62. The number of aromatic nitrogens is 2. The highest BCUT2D eigenvalue weighted by molar-refractivity contribution is 6.32. The molecule has 0 atom stereocenters. The highest BCUT2D eigenvalue weighted by Gasteiger charge is 2.23. The van der Waals surface area contributed by atoms with Gasteiger partial charge in [-0.3, -0.25) is 4.68 Å². The van der Waals surface area contributed by atoms with E-state index in [1.807, 2.05) is 0 Å². The third kappa shape index (κ3) is 2.06. The molecule has 106 valence electrons. The van der Waals surface area contributed by atoms with Crippen molar-refractivity contribution >= 4 is 17.4 Å². The Morgan fingerprint density at radius 1 is 1.35 bits per heavy atom. The molecule has 0 radical (unpaired) electrons. The van der Waals surface area contributed by atoms with Gasteiger partial charge in [0.1, 0.15) is 10.8 Å². The number of aryl methyl sites for hydroxylation is 1. The Labute approximate surface area is 120 Å².